The first kappa shape index (κ1) is 17.1. The molecule has 4 rings (SSSR count). The number of ether oxygens (including phenoxy) is 1. The monoisotopic (exact) mass is 356 g/mol. The second-order valence-electron chi connectivity index (χ2n) is 7.37. The van der Waals surface area contributed by atoms with Crippen LogP contribution in [0.4, 0.5) is 0 Å². The quantitative estimate of drug-likeness (QED) is 0.807. The fourth-order valence-electron chi connectivity index (χ4n) is 4.14. The van der Waals surface area contributed by atoms with Crippen molar-refractivity contribution in [3.8, 4) is 5.75 Å². The van der Waals surface area contributed by atoms with Crippen molar-refractivity contribution >= 4 is 11.3 Å². The lowest BCUT2D eigenvalue weighted by Crippen LogP contribution is -2.45. The lowest BCUT2D eigenvalue weighted by molar-refractivity contribution is 0.0746. The van der Waals surface area contributed by atoms with Crippen molar-refractivity contribution in [2.75, 3.05) is 26.2 Å². The van der Waals surface area contributed by atoms with Crippen LogP contribution in [0.1, 0.15) is 42.6 Å². The Balaban J connectivity index is 1.60. The minimum atomic E-state index is 0.138. The normalized spacial score (nSPS) is 23.0. The van der Waals surface area contributed by atoms with Crippen LogP contribution in [0.5, 0.6) is 5.75 Å². The van der Waals surface area contributed by atoms with Gasteiger partial charge in [-0.15, -0.1) is 0 Å². The molecule has 1 atom stereocenters. The van der Waals surface area contributed by atoms with E-state index in [1.54, 1.807) is 11.3 Å². The van der Waals surface area contributed by atoms with E-state index in [0.29, 0.717) is 6.04 Å². The number of benzene rings is 1. The zero-order chi connectivity index (χ0) is 17.2. The minimum absolute atomic E-state index is 0.138. The first-order valence-electron chi connectivity index (χ1n) is 9.47. The molecule has 0 spiro atoms. The SMILES string of the molecule is CCN1CCC(N2Cc3cc(C)ccc3OC(c3ccsc3)C2)CC1. The second-order valence-corrected chi connectivity index (χ2v) is 8.15. The Morgan fingerprint density at radius 1 is 1.20 bits per heavy atom. The number of rotatable bonds is 3. The molecule has 3 heterocycles. The van der Waals surface area contributed by atoms with Crippen molar-refractivity contribution in [3.63, 3.8) is 0 Å². The molecule has 0 saturated carbocycles. The molecular formula is C21H28N2OS. The molecule has 1 fully saturated rings. The predicted octanol–water partition coefficient (Wildman–Crippen LogP) is 4.48. The Kier molecular flexibility index (Phi) is 5.11. The van der Waals surface area contributed by atoms with Gasteiger partial charge < -0.3 is 9.64 Å². The van der Waals surface area contributed by atoms with Gasteiger partial charge in [0.15, 0.2) is 0 Å². The molecular weight excluding hydrogens is 328 g/mol. The lowest BCUT2D eigenvalue weighted by atomic mass is 10.0. The Morgan fingerprint density at radius 2 is 2.04 bits per heavy atom. The molecule has 1 aromatic heterocycles. The molecule has 0 bridgehead atoms. The van der Waals surface area contributed by atoms with Crippen molar-refractivity contribution in [1.29, 1.82) is 0 Å². The van der Waals surface area contributed by atoms with E-state index in [2.05, 4.69) is 58.7 Å². The molecule has 2 aromatic rings. The Hall–Kier alpha value is -1.36. The average Bonchev–Trinajstić information content (AvgIpc) is 3.10. The topological polar surface area (TPSA) is 15.7 Å². The van der Waals surface area contributed by atoms with Gasteiger partial charge in [0.05, 0.1) is 0 Å². The van der Waals surface area contributed by atoms with E-state index in [4.69, 9.17) is 4.74 Å². The summed E-state index contributed by atoms with van der Waals surface area (Å²) in [5, 5.41) is 4.39. The highest BCUT2D eigenvalue weighted by Gasteiger charge is 2.30. The highest BCUT2D eigenvalue weighted by atomic mass is 32.1. The van der Waals surface area contributed by atoms with Gasteiger partial charge in [-0.1, -0.05) is 24.6 Å². The van der Waals surface area contributed by atoms with Crippen LogP contribution >= 0.6 is 11.3 Å². The Labute approximate surface area is 155 Å². The third-order valence-electron chi connectivity index (χ3n) is 5.69. The van der Waals surface area contributed by atoms with Gasteiger partial charge in [-0.05, 0) is 62.3 Å². The standard InChI is InChI=1S/C21H28N2OS/c1-3-22-9-6-19(7-10-22)23-13-18-12-16(2)4-5-20(18)24-21(14-23)17-8-11-25-15-17/h4-5,8,11-12,15,19,21H,3,6-7,9-10,13-14H2,1-2H3. The highest BCUT2D eigenvalue weighted by molar-refractivity contribution is 7.07. The van der Waals surface area contributed by atoms with E-state index < -0.39 is 0 Å². The van der Waals surface area contributed by atoms with Crippen molar-refractivity contribution in [1.82, 2.24) is 9.80 Å². The summed E-state index contributed by atoms with van der Waals surface area (Å²) < 4.78 is 6.47. The summed E-state index contributed by atoms with van der Waals surface area (Å²) in [5.41, 5.74) is 3.97. The van der Waals surface area contributed by atoms with Gasteiger partial charge in [0, 0.05) is 30.3 Å². The van der Waals surface area contributed by atoms with Crippen molar-refractivity contribution in [2.45, 2.75) is 45.4 Å². The van der Waals surface area contributed by atoms with Crippen molar-refractivity contribution in [2.24, 2.45) is 0 Å². The molecule has 1 aromatic carbocycles. The maximum Gasteiger partial charge on any atom is 0.137 e. The maximum atomic E-state index is 6.47. The summed E-state index contributed by atoms with van der Waals surface area (Å²) in [7, 11) is 0. The van der Waals surface area contributed by atoms with Crippen molar-refractivity contribution in [3.05, 3.63) is 51.7 Å². The van der Waals surface area contributed by atoms with Crippen LogP contribution in [0.2, 0.25) is 0 Å². The average molecular weight is 357 g/mol. The third-order valence-corrected chi connectivity index (χ3v) is 6.40. The smallest absolute Gasteiger partial charge is 0.137 e. The summed E-state index contributed by atoms with van der Waals surface area (Å²) in [4.78, 5) is 5.25. The molecule has 0 amide bonds. The highest BCUT2D eigenvalue weighted by Crippen LogP contribution is 2.34. The molecule has 1 saturated heterocycles. The summed E-state index contributed by atoms with van der Waals surface area (Å²) in [5.74, 6) is 1.07. The summed E-state index contributed by atoms with van der Waals surface area (Å²) in [6, 6.07) is 9.51. The van der Waals surface area contributed by atoms with Crippen LogP contribution in [0.15, 0.2) is 35.0 Å². The Bertz CT molecular complexity index is 692. The number of likely N-dealkylation sites (tertiary alicyclic amines) is 1. The van der Waals surface area contributed by atoms with E-state index in [1.807, 2.05) is 0 Å². The van der Waals surface area contributed by atoms with E-state index in [-0.39, 0.29) is 6.10 Å². The first-order chi connectivity index (χ1) is 12.2. The molecule has 25 heavy (non-hydrogen) atoms. The fourth-order valence-corrected chi connectivity index (χ4v) is 4.85. The maximum absolute atomic E-state index is 6.47. The van der Waals surface area contributed by atoms with Gasteiger partial charge in [-0.3, -0.25) is 4.90 Å². The molecule has 134 valence electrons. The number of hydrogen-bond donors (Lipinski definition) is 0. The number of fused-ring (bicyclic) bond motifs is 1. The summed E-state index contributed by atoms with van der Waals surface area (Å²) in [6.07, 6.45) is 2.68. The lowest BCUT2D eigenvalue weighted by Gasteiger charge is -2.38. The van der Waals surface area contributed by atoms with Crippen molar-refractivity contribution < 1.29 is 4.74 Å². The van der Waals surface area contributed by atoms with Gasteiger partial charge in [-0.2, -0.15) is 11.3 Å². The second kappa shape index (κ2) is 7.48. The van der Waals surface area contributed by atoms with Crippen LogP contribution in [-0.2, 0) is 6.54 Å². The third kappa shape index (κ3) is 3.76. The van der Waals surface area contributed by atoms with Gasteiger partial charge in [0.25, 0.3) is 0 Å². The fraction of sp³-hybridized carbons (Fsp3) is 0.524. The Morgan fingerprint density at radius 3 is 2.76 bits per heavy atom. The number of thiophene rings is 1. The summed E-state index contributed by atoms with van der Waals surface area (Å²) >= 11 is 1.76. The molecule has 4 heteroatoms. The van der Waals surface area contributed by atoms with Crippen LogP contribution < -0.4 is 4.74 Å². The molecule has 2 aliphatic heterocycles. The number of nitrogens with zero attached hydrogens (tertiary/aromatic N) is 2. The number of aryl methyl sites for hydroxylation is 1. The molecule has 0 radical (unpaired) electrons. The van der Waals surface area contributed by atoms with E-state index in [0.717, 1.165) is 18.8 Å². The van der Waals surface area contributed by atoms with E-state index in [1.165, 1.54) is 49.2 Å². The van der Waals surface area contributed by atoms with Crippen LogP contribution in [0.25, 0.3) is 0 Å². The van der Waals surface area contributed by atoms with Gasteiger partial charge in [0.1, 0.15) is 11.9 Å². The zero-order valence-corrected chi connectivity index (χ0v) is 16.1. The van der Waals surface area contributed by atoms with Crippen LogP contribution in [0.3, 0.4) is 0 Å². The molecule has 3 nitrogen and oxygen atoms in total. The predicted molar refractivity (Wildman–Crippen MR) is 104 cm³/mol. The molecule has 0 aliphatic carbocycles. The van der Waals surface area contributed by atoms with Gasteiger partial charge in [0.2, 0.25) is 0 Å². The minimum Gasteiger partial charge on any atom is -0.484 e. The largest absolute Gasteiger partial charge is 0.484 e. The van der Waals surface area contributed by atoms with Gasteiger partial charge >= 0.3 is 0 Å². The molecule has 0 N–H and O–H groups in total. The van der Waals surface area contributed by atoms with Crippen LogP contribution in [0, 0.1) is 6.92 Å². The van der Waals surface area contributed by atoms with Gasteiger partial charge in [-0.25, -0.2) is 0 Å². The van der Waals surface area contributed by atoms with E-state index >= 15 is 0 Å². The zero-order valence-electron chi connectivity index (χ0n) is 15.3. The number of piperidine rings is 1. The first-order valence-corrected chi connectivity index (χ1v) is 10.4. The molecule has 1 unspecified atom stereocenters. The summed E-state index contributed by atoms with van der Waals surface area (Å²) in [6.45, 7) is 10.1. The van der Waals surface area contributed by atoms with Crippen LogP contribution in [-0.4, -0.2) is 42.0 Å². The number of hydrogen-bond acceptors (Lipinski definition) is 4. The van der Waals surface area contributed by atoms with E-state index in [9.17, 15) is 0 Å². The molecule has 2 aliphatic rings.